The number of thiol groups is 1. The van der Waals surface area contributed by atoms with Crippen molar-refractivity contribution in [3.63, 3.8) is 0 Å². The molecule has 44 heavy (non-hydrogen) atoms. The second-order valence-corrected chi connectivity index (χ2v) is 14.3. The molecule has 0 amide bonds. The van der Waals surface area contributed by atoms with Crippen LogP contribution in [0.25, 0.3) is 16.8 Å². The van der Waals surface area contributed by atoms with Gasteiger partial charge in [0.25, 0.3) is 0 Å². The van der Waals surface area contributed by atoms with E-state index in [1.165, 1.54) is 62.4 Å². The Hall–Kier alpha value is -2.65. The summed E-state index contributed by atoms with van der Waals surface area (Å²) < 4.78 is 0. The van der Waals surface area contributed by atoms with Crippen molar-refractivity contribution >= 4 is 24.0 Å². The Balaban J connectivity index is 0.000000673. The van der Waals surface area contributed by atoms with Crippen LogP contribution in [0.5, 0.6) is 0 Å². The van der Waals surface area contributed by atoms with E-state index in [0.29, 0.717) is 17.1 Å². The summed E-state index contributed by atoms with van der Waals surface area (Å²) in [4.78, 5) is 2.58. The summed E-state index contributed by atoms with van der Waals surface area (Å²) in [5.41, 5.74) is 13.9. The number of hydrogen-bond donors (Lipinski definition) is 2. The Labute approximate surface area is 277 Å². The Morgan fingerprint density at radius 2 is 1.34 bits per heavy atom. The molecule has 2 aliphatic rings. The van der Waals surface area contributed by atoms with Crippen LogP contribution in [0.3, 0.4) is 0 Å². The van der Waals surface area contributed by atoms with Gasteiger partial charge in [0.05, 0.1) is 11.4 Å². The molecule has 0 saturated carbocycles. The molecule has 2 atom stereocenters. The largest absolute Gasteiger partial charge is 0.363 e. The van der Waals surface area contributed by atoms with Gasteiger partial charge in [-0.2, -0.15) is 12.6 Å². The second-order valence-electron chi connectivity index (χ2n) is 13.4. The van der Waals surface area contributed by atoms with Gasteiger partial charge in [-0.25, -0.2) is 0 Å². The summed E-state index contributed by atoms with van der Waals surface area (Å²) in [6.07, 6.45) is 2.35. The van der Waals surface area contributed by atoms with Crippen molar-refractivity contribution < 1.29 is 0 Å². The number of anilines is 1. The van der Waals surface area contributed by atoms with Gasteiger partial charge in [-0.05, 0) is 76.7 Å². The lowest BCUT2D eigenvalue weighted by Crippen LogP contribution is -2.33. The lowest BCUT2D eigenvalue weighted by atomic mass is 9.83. The molecule has 0 fully saturated rings. The molecule has 2 nitrogen and oxygen atoms in total. The maximum atomic E-state index is 4.10. The molecule has 242 valence electrons. The molecule has 2 aliphatic heterocycles. The molecule has 0 radical (unpaired) electrons. The van der Waals surface area contributed by atoms with E-state index in [9.17, 15) is 0 Å². The van der Waals surface area contributed by atoms with Gasteiger partial charge >= 0.3 is 0 Å². The highest BCUT2D eigenvalue weighted by Crippen LogP contribution is 2.52. The first-order chi connectivity index (χ1) is 20.8. The van der Waals surface area contributed by atoms with Crippen LogP contribution in [-0.4, -0.2) is 5.25 Å². The van der Waals surface area contributed by atoms with E-state index >= 15 is 0 Å². The minimum Gasteiger partial charge on any atom is -0.363 e. The SMILES string of the molecule is CC.CC.CC1=C(c2c(C(C)C)cccc2C(C)C)N2c3ccc(CC(C)(C)C)cc3-c3ccccc3C2N1.CCC(C)S. The maximum absolute atomic E-state index is 4.10. The predicted octanol–water partition coefficient (Wildman–Crippen LogP) is 12.8. The first-order valence-electron chi connectivity index (χ1n) is 17.1. The zero-order chi connectivity index (χ0) is 33.4. The van der Waals surface area contributed by atoms with Crippen LogP contribution in [0.1, 0.15) is 149 Å². The monoisotopic (exact) mass is 614 g/mol. The highest BCUT2D eigenvalue weighted by molar-refractivity contribution is 7.80. The summed E-state index contributed by atoms with van der Waals surface area (Å²) in [5.74, 6) is 0.905. The number of benzene rings is 3. The summed E-state index contributed by atoms with van der Waals surface area (Å²) in [6, 6.07) is 23.0. The standard InChI is InChI=1S/C33H40N2.C4H10S.2C2H6/c1-20(2)24-14-11-15-25(21(3)4)30(24)31-22(5)34-32-27-13-10-9-12-26(27)28-18-23(19-33(6,7)8)16-17-29(28)35(31)32;1-3-4(2)5;2*1-2/h9-18,20-21,32,34H,19H2,1-8H3;4-5H,3H2,1-2H3;2*1-2H3. The van der Waals surface area contributed by atoms with Crippen LogP contribution < -0.4 is 10.2 Å². The molecular formula is C41H62N2S. The van der Waals surface area contributed by atoms with Gasteiger partial charge in [-0.3, -0.25) is 0 Å². The highest BCUT2D eigenvalue weighted by atomic mass is 32.1. The molecule has 0 bridgehead atoms. The van der Waals surface area contributed by atoms with E-state index in [-0.39, 0.29) is 11.6 Å². The third-order valence-electron chi connectivity index (χ3n) is 8.01. The van der Waals surface area contributed by atoms with Crippen molar-refractivity contribution in [1.29, 1.82) is 0 Å². The fraction of sp³-hybridized carbons (Fsp3) is 0.512. The molecule has 0 saturated heterocycles. The Bertz CT molecular complexity index is 1350. The molecule has 0 aromatic heterocycles. The van der Waals surface area contributed by atoms with Gasteiger partial charge in [0.1, 0.15) is 6.17 Å². The van der Waals surface area contributed by atoms with Crippen molar-refractivity contribution in [2.45, 2.75) is 133 Å². The van der Waals surface area contributed by atoms with E-state index in [1.54, 1.807) is 0 Å². The smallest absolute Gasteiger partial charge is 0.131 e. The van der Waals surface area contributed by atoms with Crippen LogP contribution in [0.15, 0.2) is 66.4 Å². The number of allylic oxidation sites excluding steroid dienone is 1. The van der Waals surface area contributed by atoms with Gasteiger partial charge in [-0.1, -0.05) is 139 Å². The third kappa shape index (κ3) is 8.53. The van der Waals surface area contributed by atoms with Crippen LogP contribution in [-0.2, 0) is 6.42 Å². The van der Waals surface area contributed by atoms with Crippen LogP contribution >= 0.6 is 12.6 Å². The van der Waals surface area contributed by atoms with Crippen molar-refractivity contribution in [2.24, 2.45) is 5.41 Å². The van der Waals surface area contributed by atoms with Crippen LogP contribution in [0, 0.1) is 5.41 Å². The number of fused-ring (bicyclic) bond motifs is 6. The zero-order valence-electron chi connectivity index (χ0n) is 30.4. The van der Waals surface area contributed by atoms with E-state index in [2.05, 4.69) is 153 Å². The molecule has 2 heterocycles. The Kier molecular flexibility index (Phi) is 14.2. The van der Waals surface area contributed by atoms with Gasteiger partial charge < -0.3 is 10.2 Å². The Morgan fingerprint density at radius 3 is 1.84 bits per heavy atom. The molecular weight excluding hydrogens is 553 g/mol. The van der Waals surface area contributed by atoms with Crippen molar-refractivity contribution in [1.82, 2.24) is 5.32 Å². The van der Waals surface area contributed by atoms with Gasteiger partial charge in [0, 0.05) is 22.4 Å². The summed E-state index contributed by atoms with van der Waals surface area (Å²) in [7, 11) is 0. The molecule has 0 aliphatic carbocycles. The normalized spacial score (nSPS) is 15.5. The van der Waals surface area contributed by atoms with E-state index < -0.39 is 0 Å². The van der Waals surface area contributed by atoms with Crippen molar-refractivity contribution in [3.05, 3.63) is 94.2 Å². The lowest BCUT2D eigenvalue weighted by Gasteiger charge is -2.38. The van der Waals surface area contributed by atoms with E-state index in [0.717, 1.165) is 6.42 Å². The predicted molar refractivity (Wildman–Crippen MR) is 202 cm³/mol. The Morgan fingerprint density at radius 1 is 0.795 bits per heavy atom. The topological polar surface area (TPSA) is 15.3 Å². The first kappa shape index (κ1) is 37.5. The fourth-order valence-electron chi connectivity index (χ4n) is 5.97. The molecule has 3 aromatic carbocycles. The number of rotatable bonds is 5. The minimum atomic E-state index is 0.113. The zero-order valence-corrected chi connectivity index (χ0v) is 31.3. The highest BCUT2D eigenvalue weighted by Gasteiger charge is 2.40. The average Bonchev–Trinajstić information content (AvgIpc) is 3.35. The minimum absolute atomic E-state index is 0.113. The number of nitrogens with one attached hydrogen (secondary N) is 1. The van der Waals surface area contributed by atoms with Gasteiger partial charge in [0.15, 0.2) is 0 Å². The third-order valence-corrected chi connectivity index (χ3v) is 8.37. The molecule has 3 aromatic rings. The van der Waals surface area contributed by atoms with Crippen molar-refractivity contribution in [3.8, 4) is 11.1 Å². The van der Waals surface area contributed by atoms with Crippen LogP contribution in [0.2, 0.25) is 0 Å². The average molecular weight is 615 g/mol. The molecule has 1 N–H and O–H groups in total. The summed E-state index contributed by atoms with van der Waals surface area (Å²) in [6.45, 7) is 30.7. The van der Waals surface area contributed by atoms with Crippen LogP contribution in [0.4, 0.5) is 5.69 Å². The first-order valence-corrected chi connectivity index (χ1v) is 17.7. The molecule has 0 spiro atoms. The van der Waals surface area contributed by atoms with E-state index in [4.69, 9.17) is 0 Å². The summed E-state index contributed by atoms with van der Waals surface area (Å²) >= 11 is 4.10. The number of nitrogens with zero attached hydrogens (tertiary/aromatic N) is 1. The number of hydrogen-bond acceptors (Lipinski definition) is 3. The van der Waals surface area contributed by atoms with Crippen molar-refractivity contribution in [2.75, 3.05) is 4.90 Å². The summed E-state index contributed by atoms with van der Waals surface area (Å²) in [5, 5.41) is 4.47. The quantitative estimate of drug-likeness (QED) is 0.278. The molecule has 3 heteroatoms. The lowest BCUT2D eigenvalue weighted by molar-refractivity contribution is 0.411. The maximum Gasteiger partial charge on any atom is 0.131 e. The van der Waals surface area contributed by atoms with Gasteiger partial charge in [-0.15, -0.1) is 0 Å². The molecule has 5 rings (SSSR count). The fourth-order valence-corrected chi connectivity index (χ4v) is 5.97. The van der Waals surface area contributed by atoms with E-state index in [1.807, 2.05) is 27.7 Å². The van der Waals surface area contributed by atoms with Gasteiger partial charge in [0.2, 0.25) is 0 Å². The molecule has 2 unspecified atom stereocenters. The second kappa shape index (κ2) is 16.6.